The van der Waals surface area contributed by atoms with E-state index < -0.39 is 26.6 Å². The molecule has 0 bridgehead atoms. The minimum absolute atomic E-state index is 0.170. The minimum Gasteiger partial charge on any atom is -0.354 e. The summed E-state index contributed by atoms with van der Waals surface area (Å²) in [4.78, 5) is 10.0. The molecule has 0 amide bonds. The van der Waals surface area contributed by atoms with E-state index in [0.717, 1.165) is 23.4 Å². The normalized spacial score (nSPS) is 15.4. The summed E-state index contributed by atoms with van der Waals surface area (Å²) >= 11 is 0. The van der Waals surface area contributed by atoms with Gasteiger partial charge in [0.25, 0.3) is 0 Å². The van der Waals surface area contributed by atoms with Gasteiger partial charge in [-0.1, -0.05) is 30.3 Å². The summed E-state index contributed by atoms with van der Waals surface area (Å²) in [7, 11) is -4.03. The van der Waals surface area contributed by atoms with Gasteiger partial charge in [-0.2, -0.15) is 4.31 Å². The Labute approximate surface area is 167 Å². The number of aromatic nitrogens is 2. The lowest BCUT2D eigenvalue weighted by molar-refractivity contribution is 0.381. The van der Waals surface area contributed by atoms with Crippen LogP contribution in [0, 0.1) is 11.6 Å². The van der Waals surface area contributed by atoms with Crippen LogP contribution in [-0.2, 0) is 10.0 Å². The van der Waals surface area contributed by atoms with Crippen LogP contribution in [0.5, 0.6) is 0 Å². The lowest BCUT2D eigenvalue weighted by Gasteiger charge is -2.34. The topological polar surface area (TPSA) is 66.4 Å². The molecule has 1 aliphatic rings. The SMILES string of the molecule is O=S(=O)(c1ccc(F)cc1F)N1CCN(c2cc(-c3ccccc3)ncn2)CC1. The number of hydrogen-bond acceptors (Lipinski definition) is 5. The lowest BCUT2D eigenvalue weighted by Crippen LogP contribution is -2.49. The molecule has 150 valence electrons. The zero-order valence-electron chi connectivity index (χ0n) is 15.4. The second-order valence-electron chi connectivity index (χ2n) is 6.59. The van der Waals surface area contributed by atoms with Crippen molar-refractivity contribution in [2.45, 2.75) is 4.90 Å². The maximum atomic E-state index is 14.0. The third-order valence-corrected chi connectivity index (χ3v) is 6.73. The van der Waals surface area contributed by atoms with E-state index >= 15 is 0 Å². The van der Waals surface area contributed by atoms with Crippen LogP contribution in [0.4, 0.5) is 14.6 Å². The molecule has 1 fully saturated rings. The second kappa shape index (κ2) is 7.84. The Balaban J connectivity index is 1.50. The largest absolute Gasteiger partial charge is 0.354 e. The predicted molar refractivity (Wildman–Crippen MR) is 105 cm³/mol. The summed E-state index contributed by atoms with van der Waals surface area (Å²) in [6.45, 7) is 1.13. The highest BCUT2D eigenvalue weighted by molar-refractivity contribution is 7.89. The molecule has 9 heteroatoms. The highest BCUT2D eigenvalue weighted by Gasteiger charge is 2.31. The van der Waals surface area contributed by atoms with Gasteiger partial charge < -0.3 is 4.90 Å². The molecular weight excluding hydrogens is 398 g/mol. The fourth-order valence-corrected chi connectivity index (χ4v) is 4.74. The monoisotopic (exact) mass is 416 g/mol. The standard InChI is InChI=1S/C20H18F2N4O2S/c21-16-6-7-19(17(22)12-16)29(27,28)26-10-8-25(9-11-26)20-13-18(23-14-24-20)15-4-2-1-3-5-15/h1-7,12-14H,8-11H2. The molecule has 4 rings (SSSR count). The van der Waals surface area contributed by atoms with Crippen molar-refractivity contribution in [3.8, 4) is 11.3 Å². The van der Waals surface area contributed by atoms with Crippen LogP contribution in [0.15, 0.2) is 65.8 Å². The quantitative estimate of drug-likeness (QED) is 0.654. The van der Waals surface area contributed by atoms with Gasteiger partial charge in [-0.3, -0.25) is 0 Å². The molecular formula is C20H18F2N4O2S. The van der Waals surface area contributed by atoms with E-state index in [9.17, 15) is 17.2 Å². The Kier molecular flexibility index (Phi) is 5.25. The molecule has 1 aromatic heterocycles. The summed E-state index contributed by atoms with van der Waals surface area (Å²) in [6, 6.07) is 14.0. The molecule has 0 aliphatic carbocycles. The number of hydrogen-bond donors (Lipinski definition) is 0. The predicted octanol–water partition coefficient (Wildman–Crippen LogP) is 2.93. The van der Waals surface area contributed by atoms with Crippen molar-refractivity contribution in [3.63, 3.8) is 0 Å². The molecule has 29 heavy (non-hydrogen) atoms. The Morgan fingerprint density at radius 2 is 1.59 bits per heavy atom. The van der Waals surface area contributed by atoms with E-state index in [-0.39, 0.29) is 13.1 Å². The Morgan fingerprint density at radius 1 is 0.862 bits per heavy atom. The highest BCUT2D eigenvalue weighted by atomic mass is 32.2. The number of benzene rings is 2. The number of halogens is 2. The number of anilines is 1. The van der Waals surface area contributed by atoms with Crippen molar-refractivity contribution in [1.29, 1.82) is 0 Å². The second-order valence-corrected chi connectivity index (χ2v) is 8.50. The van der Waals surface area contributed by atoms with Gasteiger partial charge in [0.2, 0.25) is 10.0 Å². The third kappa shape index (κ3) is 3.96. The van der Waals surface area contributed by atoms with E-state index in [1.807, 2.05) is 41.3 Å². The third-order valence-electron chi connectivity index (χ3n) is 4.80. The average molecular weight is 416 g/mol. The summed E-state index contributed by atoms with van der Waals surface area (Å²) in [6.07, 6.45) is 1.48. The molecule has 3 aromatic rings. The minimum atomic E-state index is -4.03. The molecule has 0 unspecified atom stereocenters. The summed E-state index contributed by atoms with van der Waals surface area (Å²) < 4.78 is 53.7. The molecule has 0 saturated carbocycles. The van der Waals surface area contributed by atoms with Crippen molar-refractivity contribution < 1.29 is 17.2 Å². The Bertz CT molecular complexity index is 1120. The van der Waals surface area contributed by atoms with Crippen LogP contribution in [0.2, 0.25) is 0 Å². The van der Waals surface area contributed by atoms with Gasteiger partial charge in [0.05, 0.1) is 5.69 Å². The molecule has 6 nitrogen and oxygen atoms in total. The van der Waals surface area contributed by atoms with Gasteiger partial charge in [0, 0.05) is 43.9 Å². The first-order valence-corrected chi connectivity index (χ1v) is 10.5. The van der Waals surface area contributed by atoms with Crippen molar-refractivity contribution in [3.05, 3.63) is 72.6 Å². The summed E-state index contributed by atoms with van der Waals surface area (Å²) in [5.74, 6) is -1.20. The van der Waals surface area contributed by atoms with Crippen molar-refractivity contribution in [2.24, 2.45) is 0 Å². The van der Waals surface area contributed by atoms with Crippen LogP contribution in [0.3, 0.4) is 0 Å². The number of sulfonamides is 1. The molecule has 1 aliphatic heterocycles. The average Bonchev–Trinajstić information content (AvgIpc) is 2.74. The van der Waals surface area contributed by atoms with Crippen molar-refractivity contribution in [2.75, 3.05) is 31.1 Å². The van der Waals surface area contributed by atoms with Gasteiger partial charge in [0.1, 0.15) is 28.7 Å². The molecule has 0 N–H and O–H groups in total. The lowest BCUT2D eigenvalue weighted by atomic mass is 10.1. The first-order chi connectivity index (χ1) is 13.9. The van der Waals surface area contributed by atoms with Crippen LogP contribution in [0.25, 0.3) is 11.3 Å². The van der Waals surface area contributed by atoms with E-state index in [4.69, 9.17) is 0 Å². The summed E-state index contributed by atoms with van der Waals surface area (Å²) in [5, 5.41) is 0. The van der Waals surface area contributed by atoms with Gasteiger partial charge in [0.15, 0.2) is 0 Å². The van der Waals surface area contributed by atoms with Crippen LogP contribution in [-0.4, -0.2) is 48.9 Å². The van der Waals surface area contributed by atoms with Gasteiger partial charge in [-0.25, -0.2) is 27.2 Å². The van der Waals surface area contributed by atoms with Crippen LogP contribution in [0.1, 0.15) is 0 Å². The number of nitrogens with zero attached hydrogens (tertiary/aromatic N) is 4. The van der Waals surface area contributed by atoms with E-state index in [1.165, 1.54) is 10.6 Å². The van der Waals surface area contributed by atoms with Gasteiger partial charge in [-0.05, 0) is 12.1 Å². The Morgan fingerprint density at radius 3 is 2.28 bits per heavy atom. The smallest absolute Gasteiger partial charge is 0.246 e. The molecule has 0 spiro atoms. The van der Waals surface area contributed by atoms with E-state index in [1.54, 1.807) is 0 Å². The van der Waals surface area contributed by atoms with Crippen LogP contribution >= 0.6 is 0 Å². The zero-order chi connectivity index (χ0) is 20.4. The molecule has 0 atom stereocenters. The number of piperazine rings is 1. The maximum Gasteiger partial charge on any atom is 0.246 e. The van der Waals surface area contributed by atoms with Gasteiger partial charge in [-0.15, -0.1) is 0 Å². The van der Waals surface area contributed by atoms with E-state index in [0.29, 0.717) is 25.0 Å². The first-order valence-electron chi connectivity index (χ1n) is 9.03. The maximum absolute atomic E-state index is 14.0. The first kappa shape index (κ1) is 19.4. The fraction of sp³-hybridized carbons (Fsp3) is 0.200. The number of rotatable bonds is 4. The fourth-order valence-electron chi connectivity index (χ4n) is 3.27. The van der Waals surface area contributed by atoms with Crippen molar-refractivity contribution >= 4 is 15.8 Å². The zero-order valence-corrected chi connectivity index (χ0v) is 16.2. The van der Waals surface area contributed by atoms with Gasteiger partial charge >= 0.3 is 0 Å². The Hall–Kier alpha value is -2.91. The molecule has 2 aromatic carbocycles. The summed E-state index contributed by atoms with van der Waals surface area (Å²) in [5.41, 5.74) is 1.74. The molecule has 2 heterocycles. The highest BCUT2D eigenvalue weighted by Crippen LogP contribution is 2.24. The van der Waals surface area contributed by atoms with Crippen LogP contribution < -0.4 is 4.90 Å². The van der Waals surface area contributed by atoms with Crippen molar-refractivity contribution in [1.82, 2.24) is 14.3 Å². The molecule has 0 radical (unpaired) electrons. The van der Waals surface area contributed by atoms with E-state index in [2.05, 4.69) is 9.97 Å². The molecule has 1 saturated heterocycles.